The van der Waals surface area contributed by atoms with Crippen LogP contribution in [0.3, 0.4) is 0 Å². The molecule has 0 bridgehead atoms. The van der Waals surface area contributed by atoms with E-state index < -0.39 is 5.54 Å². The molecule has 0 spiro atoms. The molecule has 0 saturated carbocycles. The maximum absolute atomic E-state index is 11.6. The van der Waals surface area contributed by atoms with E-state index in [1.54, 1.807) is 14.0 Å². The summed E-state index contributed by atoms with van der Waals surface area (Å²) in [4.78, 5) is 19.9. The Morgan fingerprint density at radius 1 is 1.38 bits per heavy atom. The van der Waals surface area contributed by atoms with Crippen LogP contribution in [0.5, 0.6) is 11.5 Å². The Balaban J connectivity index is 2.02. The van der Waals surface area contributed by atoms with Crippen molar-refractivity contribution in [2.75, 3.05) is 40.1 Å². The third-order valence-corrected chi connectivity index (χ3v) is 3.60. The number of Topliss-reactive ketones (excluding diaryl/α,β-unsaturated/α-hetero) is 1. The van der Waals surface area contributed by atoms with Crippen molar-refractivity contribution < 1.29 is 28.8 Å². The fourth-order valence-corrected chi connectivity index (χ4v) is 1.96. The van der Waals surface area contributed by atoms with Gasteiger partial charge in [-0.25, -0.2) is 9.98 Å². The van der Waals surface area contributed by atoms with Gasteiger partial charge in [-0.2, -0.15) is 0 Å². The summed E-state index contributed by atoms with van der Waals surface area (Å²) < 4.78 is 21.1. The number of aromatic hydroxyl groups is 1. The second kappa shape index (κ2) is 8.07. The van der Waals surface area contributed by atoms with Gasteiger partial charge in [0.25, 0.3) is 0 Å². The molecule has 132 valence electrons. The Hall–Kier alpha value is -2.19. The molecule has 1 atom stereocenters. The van der Waals surface area contributed by atoms with Gasteiger partial charge in [-0.3, -0.25) is 4.79 Å². The molecule has 0 radical (unpaired) electrons. The molecule has 0 unspecified atom stereocenters. The predicted octanol–water partition coefficient (Wildman–Crippen LogP) is 0.953. The number of rotatable bonds is 9. The lowest BCUT2D eigenvalue weighted by atomic mass is 10.0. The van der Waals surface area contributed by atoms with Crippen molar-refractivity contribution in [3.05, 3.63) is 18.0 Å². The van der Waals surface area contributed by atoms with E-state index >= 15 is 0 Å². The Labute approximate surface area is 140 Å². The normalized spacial score (nSPS) is 19.7. The van der Waals surface area contributed by atoms with Gasteiger partial charge in [0.15, 0.2) is 28.5 Å². The van der Waals surface area contributed by atoms with Crippen molar-refractivity contribution >= 4 is 11.7 Å². The first-order valence-electron chi connectivity index (χ1n) is 7.59. The summed E-state index contributed by atoms with van der Waals surface area (Å²) in [5.74, 6) is 0.0867. The molecule has 1 aliphatic heterocycles. The average Bonchev–Trinajstić information content (AvgIpc) is 2.96. The van der Waals surface area contributed by atoms with Crippen LogP contribution in [0.25, 0.3) is 0 Å². The summed E-state index contributed by atoms with van der Waals surface area (Å²) in [6.45, 7) is 4.86. The van der Waals surface area contributed by atoms with Gasteiger partial charge in [0.05, 0.1) is 19.8 Å². The van der Waals surface area contributed by atoms with Gasteiger partial charge in [-0.15, -0.1) is 0 Å². The lowest BCUT2D eigenvalue weighted by molar-refractivity contribution is -0.121. The number of pyridine rings is 1. The van der Waals surface area contributed by atoms with Crippen molar-refractivity contribution in [2.45, 2.75) is 19.4 Å². The molecule has 0 saturated heterocycles. The van der Waals surface area contributed by atoms with E-state index in [1.165, 1.54) is 19.2 Å². The van der Waals surface area contributed by atoms with Gasteiger partial charge < -0.3 is 24.1 Å². The summed E-state index contributed by atoms with van der Waals surface area (Å²) >= 11 is 0. The first-order chi connectivity index (χ1) is 11.5. The van der Waals surface area contributed by atoms with Crippen LogP contribution in [0.4, 0.5) is 0 Å². The zero-order valence-electron chi connectivity index (χ0n) is 14.1. The quantitative estimate of drug-likeness (QED) is 0.669. The molecule has 0 aliphatic carbocycles. The Morgan fingerprint density at radius 2 is 2.12 bits per heavy atom. The number of aliphatic imine (C=N–C) groups is 1. The maximum atomic E-state index is 11.6. The summed E-state index contributed by atoms with van der Waals surface area (Å²) in [5.41, 5.74) is -0.798. The number of methoxy groups -OCH3 is 1. The van der Waals surface area contributed by atoms with Crippen LogP contribution in [0, 0.1) is 0 Å². The highest BCUT2D eigenvalue weighted by Gasteiger charge is 2.38. The third kappa shape index (κ3) is 4.21. The van der Waals surface area contributed by atoms with Crippen LogP contribution in [-0.4, -0.2) is 67.5 Å². The minimum atomic E-state index is -0.949. The Morgan fingerprint density at radius 3 is 2.79 bits per heavy atom. The molecule has 2 heterocycles. The van der Waals surface area contributed by atoms with Crippen LogP contribution in [0.2, 0.25) is 0 Å². The average molecular weight is 338 g/mol. The molecule has 1 aromatic rings. The molecule has 1 aliphatic rings. The maximum Gasteiger partial charge on any atom is 0.240 e. The van der Waals surface area contributed by atoms with E-state index in [0.29, 0.717) is 19.8 Å². The molecule has 0 aromatic carbocycles. The van der Waals surface area contributed by atoms with E-state index in [2.05, 4.69) is 9.98 Å². The number of carbonyl (C=O) groups is 1. The molecule has 0 fully saturated rings. The second-order valence-electron chi connectivity index (χ2n) is 5.50. The first-order valence-corrected chi connectivity index (χ1v) is 7.59. The first kappa shape index (κ1) is 18.2. The largest absolute Gasteiger partial charge is 0.503 e. The van der Waals surface area contributed by atoms with Crippen LogP contribution >= 0.6 is 0 Å². The van der Waals surface area contributed by atoms with Crippen molar-refractivity contribution in [2.24, 2.45) is 4.99 Å². The van der Waals surface area contributed by atoms with E-state index in [-0.39, 0.29) is 42.1 Å². The van der Waals surface area contributed by atoms with Gasteiger partial charge in [0.1, 0.15) is 13.2 Å². The molecular formula is C16H22N2O6. The van der Waals surface area contributed by atoms with Crippen molar-refractivity contribution in [3.8, 4) is 11.5 Å². The van der Waals surface area contributed by atoms with E-state index in [9.17, 15) is 9.90 Å². The lowest BCUT2D eigenvalue weighted by Gasteiger charge is -2.12. The van der Waals surface area contributed by atoms with Crippen LogP contribution < -0.4 is 4.74 Å². The number of aromatic nitrogens is 1. The molecule has 1 aromatic heterocycles. The zero-order chi connectivity index (χ0) is 17.6. The number of hydrogen-bond donors (Lipinski definition) is 1. The van der Waals surface area contributed by atoms with Crippen LogP contribution in [0.15, 0.2) is 17.3 Å². The number of hydrogen-bond acceptors (Lipinski definition) is 8. The highest BCUT2D eigenvalue weighted by atomic mass is 16.5. The summed E-state index contributed by atoms with van der Waals surface area (Å²) in [5, 5.41) is 10.3. The molecular weight excluding hydrogens is 316 g/mol. The standard InChI is InChI=1S/C16H22N2O6/c1-11(19)16(2)10-24-15(18-16)13-14(20)12(4-5-17-13)23-9-8-22-7-6-21-3/h4-5,20H,6-10H2,1-3H3/t16-/m1/s1. The van der Waals surface area contributed by atoms with Crippen LogP contribution in [0.1, 0.15) is 19.5 Å². The third-order valence-electron chi connectivity index (χ3n) is 3.60. The fraction of sp³-hybridized carbons (Fsp3) is 0.562. The van der Waals surface area contributed by atoms with Gasteiger partial charge in [-0.05, 0) is 13.8 Å². The monoisotopic (exact) mass is 338 g/mol. The molecule has 0 amide bonds. The van der Waals surface area contributed by atoms with Crippen molar-refractivity contribution in [1.29, 1.82) is 0 Å². The minimum absolute atomic E-state index is 0.113. The van der Waals surface area contributed by atoms with Crippen molar-refractivity contribution in [1.82, 2.24) is 4.98 Å². The summed E-state index contributed by atoms with van der Waals surface area (Å²) in [6, 6.07) is 1.54. The van der Waals surface area contributed by atoms with Gasteiger partial charge in [0.2, 0.25) is 5.90 Å². The summed E-state index contributed by atoms with van der Waals surface area (Å²) in [6.07, 6.45) is 1.48. The van der Waals surface area contributed by atoms with Gasteiger partial charge in [0, 0.05) is 19.4 Å². The Bertz CT molecular complexity index is 619. The van der Waals surface area contributed by atoms with Gasteiger partial charge >= 0.3 is 0 Å². The minimum Gasteiger partial charge on any atom is -0.503 e. The molecule has 24 heavy (non-hydrogen) atoms. The zero-order valence-corrected chi connectivity index (χ0v) is 14.1. The van der Waals surface area contributed by atoms with E-state index in [1.807, 2.05) is 0 Å². The highest BCUT2D eigenvalue weighted by Crippen LogP contribution is 2.31. The fourth-order valence-electron chi connectivity index (χ4n) is 1.96. The second-order valence-corrected chi connectivity index (χ2v) is 5.50. The van der Waals surface area contributed by atoms with Crippen LogP contribution in [-0.2, 0) is 19.0 Å². The van der Waals surface area contributed by atoms with Crippen molar-refractivity contribution in [3.63, 3.8) is 0 Å². The number of ether oxygens (including phenoxy) is 4. The summed E-state index contributed by atoms with van der Waals surface area (Å²) in [7, 11) is 1.60. The molecule has 2 rings (SSSR count). The molecule has 8 nitrogen and oxygen atoms in total. The predicted molar refractivity (Wildman–Crippen MR) is 85.7 cm³/mol. The van der Waals surface area contributed by atoms with E-state index in [4.69, 9.17) is 18.9 Å². The SMILES string of the molecule is COCCOCCOc1ccnc(C2=N[C@@](C)(C(C)=O)CO2)c1O. The Kier molecular flexibility index (Phi) is 6.10. The number of nitrogens with zero attached hydrogens (tertiary/aromatic N) is 2. The lowest BCUT2D eigenvalue weighted by Crippen LogP contribution is -2.32. The smallest absolute Gasteiger partial charge is 0.240 e. The highest BCUT2D eigenvalue weighted by molar-refractivity contribution is 6.00. The number of ketones is 1. The van der Waals surface area contributed by atoms with E-state index in [0.717, 1.165) is 0 Å². The number of carbonyl (C=O) groups excluding carboxylic acids is 1. The molecule has 8 heteroatoms. The topological polar surface area (TPSA) is 99.5 Å². The van der Waals surface area contributed by atoms with Gasteiger partial charge in [-0.1, -0.05) is 0 Å². The molecule has 1 N–H and O–H groups in total.